The lowest BCUT2D eigenvalue weighted by atomic mass is 9.87. The number of carboxylic acids is 1. The first-order valence-electron chi connectivity index (χ1n) is 9.65. The summed E-state index contributed by atoms with van der Waals surface area (Å²) in [6.07, 6.45) is 17.0. The standard InChI is InChI=1S/C20H39NO2/c1-4-6-7-8-9-10-11-13-18(5-2)16-19(17-21-3)14-12-15-20(22)23/h10-11,18-19,21H,4-9,12-17H2,1-3H3,(H,22,23). The fraction of sp³-hybridized carbons (Fsp3) is 0.850. The van der Waals surface area contributed by atoms with Crippen molar-refractivity contribution in [3.8, 4) is 0 Å². The Labute approximate surface area is 143 Å². The maximum absolute atomic E-state index is 10.7. The molecular formula is C20H39NO2. The van der Waals surface area contributed by atoms with E-state index in [2.05, 4.69) is 31.3 Å². The normalized spacial score (nSPS) is 14.2. The molecule has 0 aromatic carbocycles. The molecule has 136 valence electrons. The van der Waals surface area contributed by atoms with Crippen LogP contribution in [0.5, 0.6) is 0 Å². The SMILES string of the molecule is CCCCCCC=CCC(CC)CC(CCCC(=O)O)CNC. The van der Waals surface area contributed by atoms with Crippen molar-refractivity contribution in [1.29, 1.82) is 0 Å². The summed E-state index contributed by atoms with van der Waals surface area (Å²) in [5.41, 5.74) is 0. The minimum absolute atomic E-state index is 0.300. The fourth-order valence-corrected chi connectivity index (χ4v) is 3.13. The van der Waals surface area contributed by atoms with E-state index in [0.29, 0.717) is 12.3 Å². The van der Waals surface area contributed by atoms with Crippen LogP contribution in [0.4, 0.5) is 0 Å². The van der Waals surface area contributed by atoms with Crippen LogP contribution in [0.15, 0.2) is 12.2 Å². The van der Waals surface area contributed by atoms with Crippen LogP contribution in [0.2, 0.25) is 0 Å². The number of unbranched alkanes of at least 4 members (excludes halogenated alkanes) is 4. The number of allylic oxidation sites excluding steroid dienone is 2. The Morgan fingerprint density at radius 1 is 1.09 bits per heavy atom. The zero-order valence-electron chi connectivity index (χ0n) is 15.7. The molecule has 23 heavy (non-hydrogen) atoms. The summed E-state index contributed by atoms with van der Waals surface area (Å²) in [6, 6.07) is 0. The van der Waals surface area contributed by atoms with Gasteiger partial charge in [-0.25, -0.2) is 0 Å². The van der Waals surface area contributed by atoms with Crippen LogP contribution < -0.4 is 5.32 Å². The monoisotopic (exact) mass is 325 g/mol. The summed E-state index contributed by atoms with van der Waals surface area (Å²) >= 11 is 0. The molecule has 0 bridgehead atoms. The number of hydrogen-bond donors (Lipinski definition) is 2. The summed E-state index contributed by atoms with van der Waals surface area (Å²) in [6.45, 7) is 5.52. The molecule has 3 nitrogen and oxygen atoms in total. The Morgan fingerprint density at radius 2 is 1.87 bits per heavy atom. The number of carbonyl (C=O) groups is 1. The first-order chi connectivity index (χ1) is 11.1. The topological polar surface area (TPSA) is 49.3 Å². The molecule has 2 unspecified atom stereocenters. The van der Waals surface area contributed by atoms with Gasteiger partial charge in [0.25, 0.3) is 0 Å². The molecule has 2 atom stereocenters. The minimum atomic E-state index is -0.675. The van der Waals surface area contributed by atoms with Gasteiger partial charge in [0.15, 0.2) is 0 Å². The highest BCUT2D eigenvalue weighted by atomic mass is 16.4. The van der Waals surface area contributed by atoms with Crippen LogP contribution in [-0.4, -0.2) is 24.7 Å². The summed E-state index contributed by atoms with van der Waals surface area (Å²) in [5.74, 6) is 0.651. The predicted octanol–water partition coefficient (Wildman–Crippen LogP) is 5.41. The lowest BCUT2D eigenvalue weighted by Gasteiger charge is -2.21. The van der Waals surface area contributed by atoms with Crippen molar-refractivity contribution >= 4 is 5.97 Å². The maximum Gasteiger partial charge on any atom is 0.303 e. The van der Waals surface area contributed by atoms with Gasteiger partial charge in [0, 0.05) is 6.42 Å². The van der Waals surface area contributed by atoms with Gasteiger partial charge in [0.05, 0.1) is 0 Å². The Morgan fingerprint density at radius 3 is 2.48 bits per heavy atom. The Kier molecular flexibility index (Phi) is 15.5. The van der Waals surface area contributed by atoms with Gasteiger partial charge in [0.1, 0.15) is 0 Å². The molecule has 0 heterocycles. The fourth-order valence-electron chi connectivity index (χ4n) is 3.13. The van der Waals surface area contributed by atoms with Crippen molar-refractivity contribution in [2.24, 2.45) is 11.8 Å². The Bertz CT molecular complexity index is 302. The molecule has 0 amide bonds. The van der Waals surface area contributed by atoms with E-state index in [0.717, 1.165) is 25.3 Å². The number of aliphatic carboxylic acids is 1. The molecule has 2 N–H and O–H groups in total. The highest BCUT2D eigenvalue weighted by Crippen LogP contribution is 2.23. The quantitative estimate of drug-likeness (QED) is 0.295. The van der Waals surface area contributed by atoms with Gasteiger partial charge >= 0.3 is 5.97 Å². The molecule has 0 spiro atoms. The molecule has 0 aliphatic heterocycles. The first kappa shape index (κ1) is 22.2. The van der Waals surface area contributed by atoms with Crippen LogP contribution >= 0.6 is 0 Å². The molecule has 0 radical (unpaired) electrons. The van der Waals surface area contributed by atoms with Gasteiger partial charge in [-0.05, 0) is 64.0 Å². The van der Waals surface area contributed by atoms with E-state index in [1.165, 1.54) is 51.4 Å². The van der Waals surface area contributed by atoms with Crippen molar-refractivity contribution in [2.45, 2.75) is 84.5 Å². The van der Waals surface area contributed by atoms with Crippen LogP contribution in [0.3, 0.4) is 0 Å². The predicted molar refractivity (Wildman–Crippen MR) is 99.8 cm³/mol. The van der Waals surface area contributed by atoms with Crippen molar-refractivity contribution in [3.05, 3.63) is 12.2 Å². The average molecular weight is 326 g/mol. The van der Waals surface area contributed by atoms with Crippen LogP contribution in [0.25, 0.3) is 0 Å². The molecule has 0 saturated heterocycles. The first-order valence-corrected chi connectivity index (χ1v) is 9.65. The third-order valence-corrected chi connectivity index (χ3v) is 4.60. The molecule has 0 fully saturated rings. The highest BCUT2D eigenvalue weighted by molar-refractivity contribution is 5.66. The third-order valence-electron chi connectivity index (χ3n) is 4.60. The zero-order valence-corrected chi connectivity index (χ0v) is 15.7. The molecule has 0 aliphatic carbocycles. The van der Waals surface area contributed by atoms with E-state index >= 15 is 0 Å². The van der Waals surface area contributed by atoms with Gasteiger partial charge in [-0.3, -0.25) is 4.79 Å². The number of carboxylic acid groups (broad SMARTS) is 1. The summed E-state index contributed by atoms with van der Waals surface area (Å²) < 4.78 is 0. The van der Waals surface area contributed by atoms with Gasteiger partial charge in [0.2, 0.25) is 0 Å². The number of nitrogens with one attached hydrogen (secondary N) is 1. The van der Waals surface area contributed by atoms with Crippen molar-refractivity contribution < 1.29 is 9.90 Å². The van der Waals surface area contributed by atoms with Crippen molar-refractivity contribution in [2.75, 3.05) is 13.6 Å². The minimum Gasteiger partial charge on any atom is -0.481 e. The summed E-state index contributed by atoms with van der Waals surface area (Å²) in [5, 5.41) is 12.0. The summed E-state index contributed by atoms with van der Waals surface area (Å²) in [7, 11) is 1.99. The van der Waals surface area contributed by atoms with Crippen molar-refractivity contribution in [1.82, 2.24) is 5.32 Å². The third kappa shape index (κ3) is 14.5. The van der Waals surface area contributed by atoms with Crippen molar-refractivity contribution in [3.63, 3.8) is 0 Å². The van der Waals surface area contributed by atoms with E-state index in [4.69, 9.17) is 5.11 Å². The second-order valence-electron chi connectivity index (χ2n) is 6.78. The van der Waals surface area contributed by atoms with Gasteiger partial charge in [-0.15, -0.1) is 0 Å². The molecule has 0 aromatic rings. The van der Waals surface area contributed by atoms with Gasteiger partial charge in [-0.1, -0.05) is 51.7 Å². The molecular weight excluding hydrogens is 286 g/mol. The van der Waals surface area contributed by atoms with Gasteiger partial charge < -0.3 is 10.4 Å². The van der Waals surface area contributed by atoms with E-state index in [1.54, 1.807) is 0 Å². The highest BCUT2D eigenvalue weighted by Gasteiger charge is 2.14. The molecule has 0 aliphatic rings. The Hall–Kier alpha value is -0.830. The molecule has 3 heteroatoms. The molecule has 0 saturated carbocycles. The molecule has 0 rings (SSSR count). The number of hydrogen-bond acceptors (Lipinski definition) is 2. The van der Waals surface area contributed by atoms with Crippen LogP contribution in [0, 0.1) is 11.8 Å². The second-order valence-corrected chi connectivity index (χ2v) is 6.78. The average Bonchev–Trinajstić information content (AvgIpc) is 2.52. The van der Waals surface area contributed by atoms with E-state index in [9.17, 15) is 4.79 Å². The molecule has 0 aromatic heterocycles. The summed E-state index contributed by atoms with van der Waals surface area (Å²) in [4.78, 5) is 10.7. The van der Waals surface area contributed by atoms with E-state index in [1.807, 2.05) is 7.05 Å². The zero-order chi connectivity index (χ0) is 17.3. The van der Waals surface area contributed by atoms with Crippen LogP contribution in [-0.2, 0) is 4.79 Å². The van der Waals surface area contributed by atoms with Gasteiger partial charge in [-0.2, -0.15) is 0 Å². The maximum atomic E-state index is 10.7. The lowest BCUT2D eigenvalue weighted by Crippen LogP contribution is -2.21. The number of rotatable bonds is 16. The second kappa shape index (κ2) is 16.0. The largest absolute Gasteiger partial charge is 0.481 e. The smallest absolute Gasteiger partial charge is 0.303 e. The van der Waals surface area contributed by atoms with Crippen LogP contribution in [0.1, 0.15) is 84.5 Å². The Balaban J connectivity index is 4.03. The van der Waals surface area contributed by atoms with E-state index in [-0.39, 0.29) is 0 Å². The van der Waals surface area contributed by atoms with E-state index < -0.39 is 5.97 Å². The lowest BCUT2D eigenvalue weighted by molar-refractivity contribution is -0.137.